The van der Waals surface area contributed by atoms with Gasteiger partial charge in [0.2, 0.25) is 5.91 Å². The average molecular weight is 707 g/mol. The molecule has 0 saturated heterocycles. The Morgan fingerprint density at radius 1 is 0.857 bits per heavy atom. The molecule has 0 aliphatic rings. The maximum absolute atomic E-state index is 14.7. The Hall–Kier alpha value is -5.29. The second-order valence-corrected chi connectivity index (χ2v) is 13.5. The highest BCUT2D eigenvalue weighted by Gasteiger charge is 2.24. The summed E-state index contributed by atoms with van der Waals surface area (Å²) < 4.78 is 15.7. The maximum Gasteiger partial charge on any atom is 0.272 e. The standard InChI is InChI=1S/C38H28ClFN4O3S2/c1-23-18-19-31-33(20-23)49-38(43-31)44-37(47)34(24-10-4-2-5-11-24)48-27-15-8-14-26(21-27)41-36(46)32(22-28-29(39)16-9-17-30(28)40)42-35(45)25-12-6-3-7-13-25/h2-22,34H,1H3,(H,41,46)(H,42,45)(H,43,44,47)/b32-22+. The highest BCUT2D eigenvalue weighted by molar-refractivity contribution is 8.00. The van der Waals surface area contributed by atoms with Crippen LogP contribution in [0.15, 0.2) is 132 Å². The lowest BCUT2D eigenvalue weighted by Crippen LogP contribution is -2.30. The first kappa shape index (κ1) is 33.6. The van der Waals surface area contributed by atoms with Crippen LogP contribution in [0.5, 0.6) is 0 Å². The third-order valence-electron chi connectivity index (χ3n) is 7.28. The summed E-state index contributed by atoms with van der Waals surface area (Å²) in [6.45, 7) is 2.01. The lowest BCUT2D eigenvalue weighted by Gasteiger charge is -2.17. The van der Waals surface area contributed by atoms with Gasteiger partial charge < -0.3 is 16.0 Å². The SMILES string of the molecule is Cc1ccc2nc(NC(=O)C(Sc3cccc(NC(=O)/C(=C\c4c(F)cccc4Cl)NC(=O)c4ccccc4)c3)c3ccccc3)sc2c1. The van der Waals surface area contributed by atoms with Crippen molar-refractivity contribution >= 4 is 79.5 Å². The minimum absolute atomic E-state index is 0.0491. The number of halogens is 2. The fourth-order valence-electron chi connectivity index (χ4n) is 4.87. The van der Waals surface area contributed by atoms with E-state index in [0.717, 1.165) is 21.3 Å². The molecular weight excluding hydrogens is 679 g/mol. The molecule has 244 valence electrons. The van der Waals surface area contributed by atoms with Crippen molar-refractivity contribution in [1.29, 1.82) is 0 Å². The molecule has 49 heavy (non-hydrogen) atoms. The largest absolute Gasteiger partial charge is 0.321 e. The van der Waals surface area contributed by atoms with Gasteiger partial charge in [-0.3, -0.25) is 14.4 Å². The molecule has 0 spiro atoms. The molecule has 7 nitrogen and oxygen atoms in total. The molecule has 6 aromatic rings. The van der Waals surface area contributed by atoms with Crippen LogP contribution in [0.2, 0.25) is 5.02 Å². The summed E-state index contributed by atoms with van der Waals surface area (Å²) >= 11 is 8.96. The number of carbonyl (C=O) groups is 3. The van der Waals surface area contributed by atoms with Gasteiger partial charge >= 0.3 is 0 Å². The summed E-state index contributed by atoms with van der Waals surface area (Å²) in [5.74, 6) is -2.17. The third kappa shape index (κ3) is 8.42. The summed E-state index contributed by atoms with van der Waals surface area (Å²) in [5, 5.41) is 8.30. The van der Waals surface area contributed by atoms with E-state index >= 15 is 0 Å². The molecule has 0 fully saturated rings. The van der Waals surface area contributed by atoms with Gasteiger partial charge in [0.1, 0.15) is 16.8 Å². The normalized spacial score (nSPS) is 11.9. The Bertz CT molecular complexity index is 2170. The predicted octanol–water partition coefficient (Wildman–Crippen LogP) is 9.28. The van der Waals surface area contributed by atoms with Gasteiger partial charge in [0.25, 0.3) is 11.8 Å². The van der Waals surface area contributed by atoms with Crippen molar-refractivity contribution in [1.82, 2.24) is 10.3 Å². The number of anilines is 2. The van der Waals surface area contributed by atoms with E-state index < -0.39 is 22.9 Å². The fourth-order valence-corrected chi connectivity index (χ4v) is 7.14. The number of aryl methyl sites for hydroxylation is 1. The molecule has 1 aromatic heterocycles. The van der Waals surface area contributed by atoms with E-state index in [1.54, 1.807) is 48.5 Å². The second-order valence-electron chi connectivity index (χ2n) is 10.9. The van der Waals surface area contributed by atoms with Gasteiger partial charge in [-0.15, -0.1) is 11.8 Å². The first-order chi connectivity index (χ1) is 23.7. The van der Waals surface area contributed by atoms with Crippen LogP contribution < -0.4 is 16.0 Å². The maximum atomic E-state index is 14.7. The molecule has 3 N–H and O–H groups in total. The summed E-state index contributed by atoms with van der Waals surface area (Å²) in [6.07, 6.45) is 1.20. The average Bonchev–Trinajstić information content (AvgIpc) is 3.50. The van der Waals surface area contributed by atoms with Gasteiger partial charge in [0.05, 0.1) is 15.2 Å². The summed E-state index contributed by atoms with van der Waals surface area (Å²) in [5.41, 5.74) is 3.14. The van der Waals surface area contributed by atoms with Crippen molar-refractivity contribution in [2.75, 3.05) is 10.6 Å². The highest BCUT2D eigenvalue weighted by atomic mass is 35.5. The topological polar surface area (TPSA) is 100 Å². The van der Waals surface area contributed by atoms with Gasteiger partial charge in [-0.1, -0.05) is 89.7 Å². The number of fused-ring (bicyclic) bond motifs is 1. The number of benzene rings is 5. The van der Waals surface area contributed by atoms with Crippen molar-refractivity contribution in [3.63, 3.8) is 0 Å². The van der Waals surface area contributed by atoms with E-state index in [2.05, 4.69) is 20.9 Å². The van der Waals surface area contributed by atoms with Gasteiger partial charge in [0, 0.05) is 21.7 Å². The highest BCUT2D eigenvalue weighted by Crippen LogP contribution is 2.38. The minimum atomic E-state index is -0.700. The molecule has 6 rings (SSSR count). The van der Waals surface area contributed by atoms with Crippen molar-refractivity contribution in [2.24, 2.45) is 0 Å². The number of nitrogens with one attached hydrogen (secondary N) is 3. The number of nitrogens with zero attached hydrogens (tertiary/aromatic N) is 1. The van der Waals surface area contributed by atoms with Gasteiger partial charge in [-0.05, 0) is 78.7 Å². The van der Waals surface area contributed by atoms with Crippen LogP contribution in [0.1, 0.15) is 32.3 Å². The number of aromatic nitrogens is 1. The number of rotatable bonds is 10. The number of thioether (sulfide) groups is 1. The number of amides is 3. The minimum Gasteiger partial charge on any atom is -0.321 e. The van der Waals surface area contributed by atoms with Crippen LogP contribution in [-0.2, 0) is 9.59 Å². The molecule has 0 radical (unpaired) electrons. The summed E-state index contributed by atoms with van der Waals surface area (Å²) in [6, 6.07) is 34.8. The predicted molar refractivity (Wildman–Crippen MR) is 196 cm³/mol. The number of carbonyl (C=O) groups excluding carboxylic acids is 3. The first-order valence-corrected chi connectivity index (χ1v) is 17.1. The lowest BCUT2D eigenvalue weighted by atomic mass is 10.1. The molecule has 0 saturated carbocycles. The van der Waals surface area contributed by atoms with Gasteiger partial charge in [0.15, 0.2) is 5.13 Å². The molecule has 1 heterocycles. The van der Waals surface area contributed by atoms with Crippen LogP contribution in [0, 0.1) is 12.7 Å². The number of hydrogen-bond acceptors (Lipinski definition) is 6. The van der Waals surface area contributed by atoms with E-state index in [4.69, 9.17) is 11.6 Å². The molecule has 3 amide bonds. The summed E-state index contributed by atoms with van der Waals surface area (Å²) in [4.78, 5) is 45.7. The van der Waals surface area contributed by atoms with Gasteiger partial charge in [-0.25, -0.2) is 9.37 Å². The second kappa shape index (κ2) is 15.3. The molecule has 11 heteroatoms. The number of thiazole rings is 1. The molecule has 1 unspecified atom stereocenters. The Morgan fingerprint density at radius 2 is 1.59 bits per heavy atom. The van der Waals surface area contributed by atoms with Crippen LogP contribution in [0.3, 0.4) is 0 Å². The van der Waals surface area contributed by atoms with Crippen molar-refractivity contribution in [3.8, 4) is 0 Å². The Kier molecular flexibility index (Phi) is 10.5. The van der Waals surface area contributed by atoms with Crippen LogP contribution in [0.4, 0.5) is 15.2 Å². The van der Waals surface area contributed by atoms with E-state index in [9.17, 15) is 18.8 Å². The number of hydrogen-bond donors (Lipinski definition) is 3. The Labute approximate surface area is 295 Å². The van der Waals surface area contributed by atoms with E-state index in [-0.39, 0.29) is 22.2 Å². The first-order valence-electron chi connectivity index (χ1n) is 15.1. The quantitative estimate of drug-likeness (QED) is 0.0974. The smallest absolute Gasteiger partial charge is 0.272 e. The molecular formula is C38H28ClFN4O3S2. The molecule has 0 bridgehead atoms. The van der Waals surface area contributed by atoms with E-state index in [1.807, 2.05) is 61.5 Å². The Balaban J connectivity index is 1.24. The van der Waals surface area contributed by atoms with Crippen molar-refractivity contribution in [2.45, 2.75) is 17.1 Å². The van der Waals surface area contributed by atoms with Crippen LogP contribution >= 0.6 is 34.7 Å². The van der Waals surface area contributed by atoms with Gasteiger partial charge in [-0.2, -0.15) is 0 Å². The lowest BCUT2D eigenvalue weighted by molar-refractivity contribution is -0.116. The molecule has 0 aliphatic carbocycles. The monoisotopic (exact) mass is 706 g/mol. The van der Waals surface area contributed by atoms with Crippen LogP contribution in [0.25, 0.3) is 16.3 Å². The zero-order valence-corrected chi connectivity index (χ0v) is 28.3. The zero-order chi connectivity index (χ0) is 34.3. The van der Waals surface area contributed by atoms with Crippen LogP contribution in [-0.4, -0.2) is 22.7 Å². The Morgan fingerprint density at radius 3 is 2.35 bits per heavy atom. The molecule has 0 aliphatic heterocycles. The van der Waals surface area contributed by atoms with Crippen molar-refractivity contribution < 1.29 is 18.8 Å². The van der Waals surface area contributed by atoms with E-state index in [1.165, 1.54) is 47.4 Å². The zero-order valence-electron chi connectivity index (χ0n) is 25.9. The van der Waals surface area contributed by atoms with Crippen molar-refractivity contribution in [3.05, 3.63) is 160 Å². The third-order valence-corrected chi connectivity index (χ3v) is 9.79. The fraction of sp³-hybridized carbons (Fsp3) is 0.0526. The molecule has 5 aromatic carbocycles. The van der Waals surface area contributed by atoms with E-state index in [0.29, 0.717) is 21.3 Å². The summed E-state index contributed by atoms with van der Waals surface area (Å²) in [7, 11) is 0. The molecule has 1 atom stereocenters.